The van der Waals surface area contributed by atoms with Crippen LogP contribution in [0.3, 0.4) is 0 Å². The first-order valence-electron chi connectivity index (χ1n) is 14.4. The fraction of sp³-hybridized carbons (Fsp3) is 0.265. The van der Waals surface area contributed by atoms with Crippen molar-refractivity contribution in [3.63, 3.8) is 0 Å². The Labute approximate surface area is 240 Å². The van der Waals surface area contributed by atoms with Crippen LogP contribution in [0.4, 0.5) is 10.1 Å². The predicted molar refractivity (Wildman–Crippen MR) is 149 cm³/mol. The minimum atomic E-state index is -1.20. The van der Waals surface area contributed by atoms with Crippen molar-refractivity contribution in [3.8, 4) is 0 Å². The fourth-order valence-electron chi connectivity index (χ4n) is 9.04. The smallest absolute Gasteiger partial charge is 0.254 e. The molecule has 2 saturated heterocycles. The third-order valence-corrected chi connectivity index (χ3v) is 10.6. The number of halogens is 1. The van der Waals surface area contributed by atoms with Gasteiger partial charge in [-0.3, -0.25) is 19.2 Å². The molecule has 0 N–H and O–H groups in total. The number of anilines is 1. The SMILES string of the molecule is O=C1[C@@H]2[C@H](C(=O)N1/N=C\C13c4ccccc4C(c4ccccc41)[C@@H]1C(=O)N(c4ccc(F)cc4)C(=O)[C@H]13)[C@H]1C=C[C@H]2C1. The highest BCUT2D eigenvalue weighted by molar-refractivity contribution is 6.25. The topological polar surface area (TPSA) is 87.1 Å². The van der Waals surface area contributed by atoms with Crippen molar-refractivity contribution in [1.82, 2.24) is 5.01 Å². The number of rotatable bonds is 3. The summed E-state index contributed by atoms with van der Waals surface area (Å²) >= 11 is 0. The van der Waals surface area contributed by atoms with E-state index in [0.717, 1.165) is 33.7 Å². The van der Waals surface area contributed by atoms with Gasteiger partial charge in [-0.1, -0.05) is 60.7 Å². The maximum atomic E-state index is 14.4. The summed E-state index contributed by atoms with van der Waals surface area (Å²) in [6.07, 6.45) is 6.48. The summed E-state index contributed by atoms with van der Waals surface area (Å²) in [6, 6.07) is 20.8. The summed E-state index contributed by atoms with van der Waals surface area (Å²) in [6.45, 7) is 0. The molecule has 0 unspecified atom stereocenters. The standard InChI is InChI=1S/C34H24FN3O4/c35-19-11-13-20(14-12-19)37-30(39)28-27-21-5-1-3-7-23(21)34(29(28)33(37)42,24-8-4-2-6-22(24)27)16-36-38-31(40)25-17-9-10-18(15-17)26(25)32(38)41/h1-14,16-18,25-29H,15H2/b36-16-/t17-,18-,25-,26+,27?,28-,29-,34?/m0/s1. The lowest BCUT2D eigenvalue weighted by atomic mass is 9.47. The lowest BCUT2D eigenvalue weighted by Gasteiger charge is -2.52. The molecule has 206 valence electrons. The van der Waals surface area contributed by atoms with E-state index in [1.165, 1.54) is 29.2 Å². The van der Waals surface area contributed by atoms with E-state index in [1.54, 1.807) is 6.21 Å². The van der Waals surface area contributed by atoms with E-state index in [0.29, 0.717) is 5.69 Å². The Morgan fingerprint density at radius 1 is 0.714 bits per heavy atom. The van der Waals surface area contributed by atoms with Gasteiger partial charge in [0.05, 0.1) is 34.8 Å². The molecule has 0 radical (unpaired) electrons. The summed E-state index contributed by atoms with van der Waals surface area (Å²) in [4.78, 5) is 56.9. The van der Waals surface area contributed by atoms with Crippen LogP contribution in [0.25, 0.3) is 0 Å². The molecule has 1 saturated carbocycles. The predicted octanol–water partition coefficient (Wildman–Crippen LogP) is 4.17. The number of carbonyl (C=O) groups is 4. The first-order chi connectivity index (χ1) is 20.4. The minimum Gasteiger partial charge on any atom is -0.274 e. The van der Waals surface area contributed by atoms with E-state index in [-0.39, 0.29) is 35.5 Å². The van der Waals surface area contributed by atoms with E-state index in [9.17, 15) is 23.6 Å². The molecule has 0 aromatic heterocycles. The van der Waals surface area contributed by atoms with Gasteiger partial charge < -0.3 is 0 Å². The molecule has 0 spiro atoms. The summed E-state index contributed by atoms with van der Waals surface area (Å²) in [5, 5.41) is 5.64. The van der Waals surface area contributed by atoms with Crippen LogP contribution in [0.2, 0.25) is 0 Å². The number of imide groups is 2. The Kier molecular flexibility index (Phi) is 4.54. The Hall–Kier alpha value is -4.72. The van der Waals surface area contributed by atoms with E-state index in [4.69, 9.17) is 0 Å². The van der Waals surface area contributed by atoms with Crippen LogP contribution in [-0.4, -0.2) is 34.9 Å². The molecule has 2 aliphatic heterocycles. The number of amides is 4. The van der Waals surface area contributed by atoms with Gasteiger partial charge in [0.25, 0.3) is 11.8 Å². The molecule has 3 aromatic rings. The monoisotopic (exact) mass is 557 g/mol. The number of hydrogen-bond donors (Lipinski definition) is 0. The molecule has 5 aliphatic carbocycles. The average Bonchev–Trinajstić information content (AvgIpc) is 3.75. The molecule has 7 nitrogen and oxygen atoms in total. The van der Waals surface area contributed by atoms with Gasteiger partial charge in [-0.2, -0.15) is 10.1 Å². The highest BCUT2D eigenvalue weighted by atomic mass is 19.1. The van der Waals surface area contributed by atoms with Crippen molar-refractivity contribution in [2.24, 2.45) is 40.6 Å². The third kappa shape index (κ3) is 2.68. The molecular weight excluding hydrogens is 533 g/mol. The fourth-order valence-corrected chi connectivity index (χ4v) is 9.04. The van der Waals surface area contributed by atoms with Gasteiger partial charge in [-0.25, -0.2) is 9.29 Å². The number of nitrogens with zero attached hydrogens (tertiary/aromatic N) is 3. The normalized spacial score (nSPS) is 34.9. The molecule has 2 heterocycles. The zero-order valence-electron chi connectivity index (χ0n) is 22.3. The van der Waals surface area contributed by atoms with Gasteiger partial charge in [-0.15, -0.1) is 0 Å². The number of benzene rings is 3. The Balaban J connectivity index is 1.24. The second kappa shape index (κ2) is 7.97. The van der Waals surface area contributed by atoms with Gasteiger partial charge in [0.15, 0.2) is 0 Å². The molecule has 10 rings (SSSR count). The van der Waals surface area contributed by atoms with E-state index in [1.807, 2.05) is 60.7 Å². The van der Waals surface area contributed by atoms with Crippen LogP contribution in [0, 0.1) is 41.3 Å². The molecule has 3 fully saturated rings. The van der Waals surface area contributed by atoms with Gasteiger partial charge in [-0.05, 0) is 64.8 Å². The van der Waals surface area contributed by atoms with Crippen LogP contribution in [-0.2, 0) is 24.6 Å². The molecule has 42 heavy (non-hydrogen) atoms. The van der Waals surface area contributed by atoms with Crippen molar-refractivity contribution in [2.45, 2.75) is 17.8 Å². The summed E-state index contributed by atoms with van der Waals surface area (Å²) in [5.74, 6) is -4.51. The van der Waals surface area contributed by atoms with Crippen molar-refractivity contribution in [1.29, 1.82) is 0 Å². The van der Waals surface area contributed by atoms with Crippen LogP contribution in [0.15, 0.2) is 90.0 Å². The second-order valence-electron chi connectivity index (χ2n) is 12.2. The van der Waals surface area contributed by atoms with Crippen LogP contribution >= 0.6 is 0 Å². The molecule has 7 aliphatic rings. The largest absolute Gasteiger partial charge is 0.274 e. The first kappa shape index (κ1) is 23.9. The van der Waals surface area contributed by atoms with Crippen LogP contribution in [0.5, 0.6) is 0 Å². The quantitative estimate of drug-likeness (QED) is 0.275. The molecular formula is C34H24FN3O4. The molecule has 4 amide bonds. The Morgan fingerprint density at radius 3 is 1.88 bits per heavy atom. The maximum absolute atomic E-state index is 14.4. The zero-order valence-corrected chi connectivity index (χ0v) is 22.3. The Morgan fingerprint density at radius 2 is 1.29 bits per heavy atom. The highest BCUT2D eigenvalue weighted by Gasteiger charge is 2.68. The molecule has 8 heteroatoms. The average molecular weight is 558 g/mol. The molecule has 3 aromatic carbocycles. The number of hydrogen-bond acceptors (Lipinski definition) is 5. The first-order valence-corrected chi connectivity index (χ1v) is 14.4. The second-order valence-corrected chi connectivity index (χ2v) is 12.2. The molecule has 6 atom stereocenters. The van der Waals surface area contributed by atoms with Gasteiger partial charge >= 0.3 is 0 Å². The maximum Gasteiger partial charge on any atom is 0.254 e. The van der Waals surface area contributed by atoms with Crippen LogP contribution < -0.4 is 4.90 Å². The van der Waals surface area contributed by atoms with Crippen molar-refractivity contribution in [2.75, 3.05) is 4.90 Å². The lowest BCUT2D eigenvalue weighted by molar-refractivity contribution is -0.140. The number of hydrazone groups is 1. The highest BCUT2D eigenvalue weighted by Crippen LogP contribution is 2.64. The zero-order chi connectivity index (χ0) is 28.5. The van der Waals surface area contributed by atoms with Gasteiger partial charge in [0.1, 0.15) is 5.82 Å². The molecule has 4 bridgehead atoms. The van der Waals surface area contributed by atoms with Crippen molar-refractivity contribution >= 4 is 35.5 Å². The minimum absolute atomic E-state index is 0.0454. The summed E-state index contributed by atoms with van der Waals surface area (Å²) in [7, 11) is 0. The van der Waals surface area contributed by atoms with E-state index < -0.39 is 40.8 Å². The van der Waals surface area contributed by atoms with Crippen LogP contribution in [0.1, 0.15) is 34.6 Å². The Bertz CT molecular complexity index is 1750. The number of allylic oxidation sites excluding steroid dienone is 2. The van der Waals surface area contributed by atoms with E-state index in [2.05, 4.69) is 5.10 Å². The third-order valence-electron chi connectivity index (χ3n) is 10.6. The number of fused-ring (bicyclic) bond motifs is 5. The van der Waals surface area contributed by atoms with Gasteiger partial charge in [0.2, 0.25) is 11.8 Å². The summed E-state index contributed by atoms with van der Waals surface area (Å²) < 4.78 is 13.8. The van der Waals surface area contributed by atoms with E-state index >= 15 is 0 Å². The van der Waals surface area contributed by atoms with Gasteiger partial charge in [0, 0.05) is 12.1 Å². The number of carbonyl (C=O) groups excluding carboxylic acids is 4. The lowest BCUT2D eigenvalue weighted by Crippen LogP contribution is -2.55. The summed E-state index contributed by atoms with van der Waals surface area (Å²) in [5.41, 5.74) is 2.61. The van der Waals surface area contributed by atoms with Crippen molar-refractivity contribution < 1.29 is 23.6 Å². The van der Waals surface area contributed by atoms with Crippen molar-refractivity contribution in [3.05, 3.63) is 113 Å².